The summed E-state index contributed by atoms with van der Waals surface area (Å²) in [7, 11) is 1.67. The van der Waals surface area contributed by atoms with E-state index in [0.29, 0.717) is 0 Å². The quantitative estimate of drug-likeness (QED) is 0.513. The summed E-state index contributed by atoms with van der Waals surface area (Å²) in [6.45, 7) is 6.91. The summed E-state index contributed by atoms with van der Waals surface area (Å²) < 4.78 is 7.68. The zero-order valence-electron chi connectivity index (χ0n) is 17.6. The third-order valence-electron chi connectivity index (χ3n) is 4.88. The van der Waals surface area contributed by atoms with E-state index in [2.05, 4.69) is 22.1 Å². The van der Waals surface area contributed by atoms with Gasteiger partial charge in [-0.05, 0) is 44.5 Å². The second kappa shape index (κ2) is 8.90. The first-order valence-electron chi connectivity index (χ1n) is 10.1. The molecule has 6 heteroatoms. The van der Waals surface area contributed by atoms with Crippen LogP contribution in [0, 0.1) is 0 Å². The Morgan fingerprint density at radius 3 is 2.52 bits per heavy atom. The number of carbonyl (C=O) groups is 1. The average molecular weight is 395 g/mol. The van der Waals surface area contributed by atoms with Crippen LogP contribution in [0.5, 0.6) is 5.75 Å². The first-order chi connectivity index (χ1) is 13.9. The molecule has 2 amide bonds. The summed E-state index contributed by atoms with van der Waals surface area (Å²) >= 11 is 0. The van der Waals surface area contributed by atoms with Crippen LogP contribution in [-0.4, -0.2) is 23.7 Å². The van der Waals surface area contributed by atoms with E-state index >= 15 is 0 Å². The minimum atomic E-state index is -0.212. The van der Waals surface area contributed by atoms with Crippen molar-refractivity contribution in [3.8, 4) is 17.0 Å². The second-order valence-corrected chi connectivity index (χ2v) is 7.48. The molecule has 0 aliphatic rings. The summed E-state index contributed by atoms with van der Waals surface area (Å²) in [5.74, 6) is 0.815. The normalized spacial score (nSPS) is 11.1. The summed E-state index contributed by atoms with van der Waals surface area (Å²) in [4.78, 5) is 11.9. The Morgan fingerprint density at radius 1 is 1.17 bits per heavy atom. The number of methoxy groups -OCH3 is 1. The molecule has 1 heterocycles. The predicted molar refractivity (Wildman–Crippen MR) is 121 cm³/mol. The molecule has 3 aromatic rings. The Labute approximate surface area is 172 Å². The fourth-order valence-corrected chi connectivity index (χ4v) is 3.48. The molecule has 1 aromatic heterocycles. The maximum absolute atomic E-state index is 11.9. The Bertz CT molecular complexity index is 990. The Kier molecular flexibility index (Phi) is 6.32. The molecule has 0 saturated carbocycles. The average Bonchev–Trinajstić information content (AvgIpc) is 2.97. The third-order valence-corrected chi connectivity index (χ3v) is 4.88. The number of rotatable bonds is 7. The molecule has 0 saturated heterocycles. The van der Waals surface area contributed by atoms with E-state index in [-0.39, 0.29) is 12.1 Å². The van der Waals surface area contributed by atoms with E-state index in [9.17, 15) is 4.79 Å². The smallest absolute Gasteiger partial charge is 0.319 e. The zero-order valence-corrected chi connectivity index (χ0v) is 17.6. The number of aromatic nitrogens is 1. The molecule has 0 aliphatic heterocycles. The molecule has 2 aromatic carbocycles. The molecule has 154 valence electrons. The first-order valence-corrected chi connectivity index (χ1v) is 10.1. The molecule has 0 spiro atoms. The molecule has 0 fully saturated rings. The van der Waals surface area contributed by atoms with Crippen LogP contribution >= 0.6 is 0 Å². The summed E-state index contributed by atoms with van der Waals surface area (Å²) in [6.07, 6.45) is 2.15. The van der Waals surface area contributed by atoms with E-state index in [0.717, 1.165) is 58.7 Å². The minimum absolute atomic E-state index is 0.0836. The lowest BCUT2D eigenvalue weighted by molar-refractivity contribution is 0.250. The number of unbranched alkanes of at least 4 members (excludes halogenated alkanes) is 1. The number of benzene rings is 2. The van der Waals surface area contributed by atoms with Crippen molar-refractivity contribution in [1.29, 1.82) is 0 Å². The second-order valence-electron chi connectivity index (χ2n) is 7.48. The lowest BCUT2D eigenvalue weighted by Gasteiger charge is -2.13. The SMILES string of the molecule is CCCCn1c(-c2ccc(NC(=O)NC(C)C)cc2)c(N)c2ccc(OC)cc21. The number of hydrogen-bond acceptors (Lipinski definition) is 3. The van der Waals surface area contributed by atoms with E-state index in [4.69, 9.17) is 10.5 Å². The van der Waals surface area contributed by atoms with Gasteiger partial charge in [-0.25, -0.2) is 4.79 Å². The molecule has 6 nitrogen and oxygen atoms in total. The van der Waals surface area contributed by atoms with Gasteiger partial charge in [-0.2, -0.15) is 0 Å². The minimum Gasteiger partial charge on any atom is -0.497 e. The number of fused-ring (bicyclic) bond motifs is 1. The number of ether oxygens (including phenoxy) is 1. The maximum atomic E-state index is 11.9. The highest BCUT2D eigenvalue weighted by molar-refractivity contribution is 6.01. The van der Waals surface area contributed by atoms with Gasteiger partial charge in [0.05, 0.1) is 24.0 Å². The summed E-state index contributed by atoms with van der Waals surface area (Å²) in [6, 6.07) is 13.7. The number of carbonyl (C=O) groups excluding carboxylic acids is 1. The van der Waals surface area contributed by atoms with Gasteiger partial charge in [-0.1, -0.05) is 25.5 Å². The van der Waals surface area contributed by atoms with Gasteiger partial charge in [-0.15, -0.1) is 0 Å². The van der Waals surface area contributed by atoms with Crippen molar-refractivity contribution < 1.29 is 9.53 Å². The van der Waals surface area contributed by atoms with Crippen LogP contribution in [-0.2, 0) is 6.54 Å². The van der Waals surface area contributed by atoms with Gasteiger partial charge < -0.3 is 25.7 Å². The highest BCUT2D eigenvalue weighted by Crippen LogP contribution is 2.38. The van der Waals surface area contributed by atoms with E-state index in [1.54, 1.807) is 7.11 Å². The number of nitrogens with two attached hydrogens (primary N) is 1. The highest BCUT2D eigenvalue weighted by atomic mass is 16.5. The zero-order chi connectivity index (χ0) is 21.0. The van der Waals surface area contributed by atoms with Crippen LogP contribution in [0.2, 0.25) is 0 Å². The molecule has 29 heavy (non-hydrogen) atoms. The molecule has 0 atom stereocenters. The number of amides is 2. The summed E-state index contributed by atoms with van der Waals surface area (Å²) in [5.41, 5.74) is 11.2. The van der Waals surface area contributed by atoms with Crippen molar-refractivity contribution in [3.05, 3.63) is 42.5 Å². The van der Waals surface area contributed by atoms with Crippen LogP contribution < -0.4 is 21.1 Å². The first kappa shape index (κ1) is 20.6. The molecule has 0 aliphatic carbocycles. The number of aryl methyl sites for hydroxylation is 1. The van der Waals surface area contributed by atoms with Crippen molar-refractivity contribution in [2.24, 2.45) is 0 Å². The molecule has 0 unspecified atom stereocenters. The molecule has 3 rings (SSSR count). The van der Waals surface area contributed by atoms with Gasteiger partial charge in [0.25, 0.3) is 0 Å². The number of urea groups is 1. The van der Waals surface area contributed by atoms with Crippen LogP contribution in [0.3, 0.4) is 0 Å². The Balaban J connectivity index is 1.99. The fourth-order valence-electron chi connectivity index (χ4n) is 3.48. The highest BCUT2D eigenvalue weighted by Gasteiger charge is 2.17. The number of anilines is 2. The molecule has 4 N–H and O–H groups in total. The van der Waals surface area contributed by atoms with Crippen LogP contribution in [0.25, 0.3) is 22.2 Å². The van der Waals surface area contributed by atoms with Gasteiger partial charge in [0, 0.05) is 35.3 Å². The van der Waals surface area contributed by atoms with Gasteiger partial charge >= 0.3 is 6.03 Å². The van der Waals surface area contributed by atoms with Gasteiger partial charge in [0.15, 0.2) is 0 Å². The van der Waals surface area contributed by atoms with E-state index in [1.165, 1.54) is 0 Å². The molecular formula is C23H30N4O2. The Morgan fingerprint density at radius 2 is 1.90 bits per heavy atom. The van der Waals surface area contributed by atoms with Crippen molar-refractivity contribution >= 4 is 28.3 Å². The predicted octanol–water partition coefficient (Wildman–Crippen LogP) is 5.23. The maximum Gasteiger partial charge on any atom is 0.319 e. The molecule has 0 radical (unpaired) electrons. The van der Waals surface area contributed by atoms with Crippen molar-refractivity contribution in [1.82, 2.24) is 9.88 Å². The van der Waals surface area contributed by atoms with Gasteiger partial charge in [-0.3, -0.25) is 0 Å². The lowest BCUT2D eigenvalue weighted by atomic mass is 10.1. The van der Waals surface area contributed by atoms with Crippen LogP contribution in [0.4, 0.5) is 16.2 Å². The van der Waals surface area contributed by atoms with Crippen molar-refractivity contribution in [2.45, 2.75) is 46.2 Å². The monoisotopic (exact) mass is 394 g/mol. The standard InChI is InChI=1S/C23H30N4O2/c1-5-6-13-27-20-14-18(29-4)11-12-19(20)21(24)22(27)16-7-9-17(10-8-16)26-23(28)25-15(2)3/h7-12,14-15H,5-6,13,24H2,1-4H3,(H2,25,26,28). The van der Waals surface area contributed by atoms with Gasteiger partial charge in [0.2, 0.25) is 0 Å². The fraction of sp³-hybridized carbons (Fsp3) is 0.348. The third kappa shape index (κ3) is 4.47. The number of nitrogen functional groups attached to an aromatic ring is 1. The van der Waals surface area contributed by atoms with E-state index < -0.39 is 0 Å². The number of nitrogens with one attached hydrogen (secondary N) is 2. The Hall–Kier alpha value is -3.15. The van der Waals surface area contributed by atoms with Crippen molar-refractivity contribution in [3.63, 3.8) is 0 Å². The largest absolute Gasteiger partial charge is 0.497 e. The van der Waals surface area contributed by atoms with Crippen LogP contribution in [0.1, 0.15) is 33.6 Å². The van der Waals surface area contributed by atoms with Crippen molar-refractivity contribution in [2.75, 3.05) is 18.2 Å². The van der Waals surface area contributed by atoms with Gasteiger partial charge in [0.1, 0.15) is 5.75 Å². The van der Waals surface area contributed by atoms with Crippen LogP contribution in [0.15, 0.2) is 42.5 Å². The number of hydrogen-bond donors (Lipinski definition) is 3. The van der Waals surface area contributed by atoms with E-state index in [1.807, 2.05) is 56.3 Å². The summed E-state index contributed by atoms with van der Waals surface area (Å²) in [5, 5.41) is 6.70. The number of nitrogens with zero attached hydrogens (tertiary/aromatic N) is 1. The molecular weight excluding hydrogens is 364 g/mol. The lowest BCUT2D eigenvalue weighted by Crippen LogP contribution is -2.34. The molecule has 0 bridgehead atoms. The topological polar surface area (TPSA) is 81.3 Å².